The molecule has 4 rings (SSSR count). The summed E-state index contributed by atoms with van der Waals surface area (Å²) in [6, 6.07) is 0.462. The summed E-state index contributed by atoms with van der Waals surface area (Å²) < 4.78 is 1.94. The molecule has 2 fully saturated rings. The summed E-state index contributed by atoms with van der Waals surface area (Å²) in [5.74, 6) is 1.15. The van der Waals surface area contributed by atoms with Crippen LogP contribution in [0.2, 0.25) is 0 Å². The summed E-state index contributed by atoms with van der Waals surface area (Å²) >= 11 is 1.61. The molecule has 1 saturated heterocycles. The summed E-state index contributed by atoms with van der Waals surface area (Å²) in [4.78, 5) is 34.9. The van der Waals surface area contributed by atoms with Gasteiger partial charge in [0.25, 0.3) is 5.56 Å². The number of rotatable bonds is 5. The molecule has 6 nitrogen and oxygen atoms in total. The van der Waals surface area contributed by atoms with Gasteiger partial charge < -0.3 is 5.32 Å². The Labute approximate surface area is 169 Å². The van der Waals surface area contributed by atoms with Crippen molar-refractivity contribution in [3.8, 4) is 0 Å². The van der Waals surface area contributed by atoms with Crippen LogP contribution in [0.25, 0.3) is 10.2 Å². The number of amides is 1. The standard InChI is InChI=1S/C21H30N4O2S/c1-12(2)19-23-20-18(13(3)14(4)28-20)21(27)25(19)16-6-5-9-24(10-16)11-17(26)22-15-7-8-15/h12,15-16H,5-11H2,1-4H3,(H,22,26)/t16-/m1/s1. The maximum atomic E-state index is 13.5. The molecule has 0 bridgehead atoms. The second kappa shape index (κ2) is 7.59. The quantitative estimate of drug-likeness (QED) is 0.834. The average molecular weight is 403 g/mol. The minimum absolute atomic E-state index is 0.0730. The van der Waals surface area contributed by atoms with Crippen LogP contribution in [-0.2, 0) is 4.79 Å². The van der Waals surface area contributed by atoms with Crippen LogP contribution in [0, 0.1) is 13.8 Å². The molecule has 2 aromatic heterocycles. The first kappa shape index (κ1) is 19.6. The number of carbonyl (C=O) groups is 1. The lowest BCUT2D eigenvalue weighted by molar-refractivity contribution is -0.122. The zero-order valence-electron chi connectivity index (χ0n) is 17.2. The molecule has 1 atom stereocenters. The number of nitrogens with zero attached hydrogens (tertiary/aromatic N) is 3. The van der Waals surface area contributed by atoms with Crippen molar-refractivity contribution in [3.05, 3.63) is 26.6 Å². The molecule has 1 amide bonds. The number of fused-ring (bicyclic) bond motifs is 1. The van der Waals surface area contributed by atoms with Crippen LogP contribution >= 0.6 is 11.3 Å². The van der Waals surface area contributed by atoms with Gasteiger partial charge in [-0.2, -0.15) is 0 Å². The molecule has 2 aliphatic rings. The number of aromatic nitrogens is 2. The fraction of sp³-hybridized carbons (Fsp3) is 0.667. The lowest BCUT2D eigenvalue weighted by Gasteiger charge is -2.34. The highest BCUT2D eigenvalue weighted by Gasteiger charge is 2.29. The van der Waals surface area contributed by atoms with Gasteiger partial charge in [-0.15, -0.1) is 11.3 Å². The zero-order valence-corrected chi connectivity index (χ0v) is 18.1. The molecule has 0 unspecified atom stereocenters. The van der Waals surface area contributed by atoms with Crippen LogP contribution in [0.5, 0.6) is 0 Å². The van der Waals surface area contributed by atoms with Crippen LogP contribution in [-0.4, -0.2) is 46.0 Å². The van der Waals surface area contributed by atoms with E-state index in [1.54, 1.807) is 11.3 Å². The lowest BCUT2D eigenvalue weighted by Crippen LogP contribution is -2.45. The molecule has 2 aromatic rings. The molecule has 152 valence electrons. The first-order valence-corrected chi connectivity index (χ1v) is 11.2. The highest BCUT2D eigenvalue weighted by Crippen LogP contribution is 2.30. The van der Waals surface area contributed by atoms with Gasteiger partial charge in [0.1, 0.15) is 10.7 Å². The minimum atomic E-state index is 0.0730. The smallest absolute Gasteiger partial charge is 0.262 e. The fourth-order valence-electron chi connectivity index (χ4n) is 4.17. The van der Waals surface area contributed by atoms with E-state index in [4.69, 9.17) is 4.98 Å². The highest BCUT2D eigenvalue weighted by molar-refractivity contribution is 7.18. The number of carbonyl (C=O) groups excluding carboxylic acids is 1. The van der Waals surface area contributed by atoms with E-state index in [1.165, 1.54) is 0 Å². The van der Waals surface area contributed by atoms with Gasteiger partial charge in [0.2, 0.25) is 5.91 Å². The van der Waals surface area contributed by atoms with Crippen molar-refractivity contribution in [2.75, 3.05) is 19.6 Å². The second-order valence-electron chi connectivity index (χ2n) is 8.64. The van der Waals surface area contributed by atoms with Gasteiger partial charge in [-0.05, 0) is 51.6 Å². The Kier molecular flexibility index (Phi) is 5.31. The Hall–Kier alpha value is -1.73. The molecule has 1 N–H and O–H groups in total. The molecule has 0 spiro atoms. The fourth-order valence-corrected chi connectivity index (χ4v) is 5.20. The molecule has 0 radical (unpaired) electrons. The number of thiophene rings is 1. The Balaban J connectivity index is 1.65. The largest absolute Gasteiger partial charge is 0.352 e. The van der Waals surface area contributed by atoms with Crippen molar-refractivity contribution in [2.45, 2.75) is 71.4 Å². The summed E-state index contributed by atoms with van der Waals surface area (Å²) in [5, 5.41) is 3.84. The van der Waals surface area contributed by atoms with E-state index >= 15 is 0 Å². The van der Waals surface area contributed by atoms with Crippen LogP contribution in [0.3, 0.4) is 0 Å². The van der Waals surface area contributed by atoms with Gasteiger partial charge in [-0.25, -0.2) is 4.98 Å². The third-order valence-electron chi connectivity index (χ3n) is 5.93. The van der Waals surface area contributed by atoms with Crippen LogP contribution in [0.1, 0.15) is 67.8 Å². The van der Waals surface area contributed by atoms with Crippen LogP contribution in [0.15, 0.2) is 4.79 Å². The lowest BCUT2D eigenvalue weighted by atomic mass is 10.0. The number of hydrogen-bond acceptors (Lipinski definition) is 5. The van der Waals surface area contributed by atoms with Crippen molar-refractivity contribution < 1.29 is 4.79 Å². The molecule has 1 aliphatic heterocycles. The monoisotopic (exact) mass is 402 g/mol. The van der Waals surface area contributed by atoms with Crippen LogP contribution in [0.4, 0.5) is 0 Å². The molecular weight excluding hydrogens is 372 g/mol. The van der Waals surface area contributed by atoms with Crippen molar-refractivity contribution in [1.29, 1.82) is 0 Å². The zero-order chi connectivity index (χ0) is 20.0. The normalized spacial score (nSPS) is 20.8. The summed E-state index contributed by atoms with van der Waals surface area (Å²) in [5.41, 5.74) is 1.14. The van der Waals surface area contributed by atoms with Gasteiger partial charge >= 0.3 is 0 Å². The van der Waals surface area contributed by atoms with Gasteiger partial charge in [-0.1, -0.05) is 13.8 Å². The van der Waals surface area contributed by atoms with E-state index in [9.17, 15) is 9.59 Å². The number of likely N-dealkylation sites (tertiary alicyclic amines) is 1. The van der Waals surface area contributed by atoms with Gasteiger partial charge in [0, 0.05) is 23.4 Å². The van der Waals surface area contributed by atoms with Gasteiger partial charge in [0.05, 0.1) is 18.0 Å². The van der Waals surface area contributed by atoms with E-state index < -0.39 is 0 Å². The predicted molar refractivity (Wildman–Crippen MR) is 113 cm³/mol. The van der Waals surface area contributed by atoms with Crippen molar-refractivity contribution in [1.82, 2.24) is 19.8 Å². The van der Waals surface area contributed by atoms with Gasteiger partial charge in [0.15, 0.2) is 0 Å². The third kappa shape index (κ3) is 3.74. The first-order valence-electron chi connectivity index (χ1n) is 10.4. The summed E-state index contributed by atoms with van der Waals surface area (Å²) in [6.45, 7) is 10.3. The number of hydrogen-bond donors (Lipinski definition) is 1. The Morgan fingerprint density at radius 1 is 1.29 bits per heavy atom. The van der Waals surface area contributed by atoms with Crippen molar-refractivity contribution >= 4 is 27.5 Å². The molecule has 28 heavy (non-hydrogen) atoms. The van der Waals surface area contributed by atoms with E-state index in [0.29, 0.717) is 12.6 Å². The summed E-state index contributed by atoms with van der Waals surface area (Å²) in [7, 11) is 0. The number of aryl methyl sites for hydroxylation is 2. The highest BCUT2D eigenvalue weighted by atomic mass is 32.1. The molecule has 1 aliphatic carbocycles. The second-order valence-corrected chi connectivity index (χ2v) is 9.84. The SMILES string of the molecule is Cc1sc2nc(C(C)C)n([C@@H]3CCCN(CC(=O)NC4CC4)C3)c(=O)c2c1C. The van der Waals surface area contributed by atoms with Crippen LogP contribution < -0.4 is 10.9 Å². The molecule has 3 heterocycles. The molecule has 0 aromatic carbocycles. The Morgan fingerprint density at radius 3 is 2.71 bits per heavy atom. The van der Waals surface area contributed by atoms with E-state index in [2.05, 4.69) is 31.0 Å². The molecular formula is C21H30N4O2S. The predicted octanol–water partition coefficient (Wildman–Crippen LogP) is 3.11. The van der Waals surface area contributed by atoms with E-state index in [-0.39, 0.29) is 23.4 Å². The maximum absolute atomic E-state index is 13.5. The van der Waals surface area contributed by atoms with Crippen molar-refractivity contribution in [3.63, 3.8) is 0 Å². The average Bonchev–Trinajstić information content (AvgIpc) is 3.39. The summed E-state index contributed by atoms with van der Waals surface area (Å²) in [6.07, 6.45) is 4.15. The Bertz CT molecular complexity index is 957. The Morgan fingerprint density at radius 2 is 2.04 bits per heavy atom. The topological polar surface area (TPSA) is 67.2 Å². The maximum Gasteiger partial charge on any atom is 0.262 e. The molecule has 7 heteroatoms. The third-order valence-corrected chi connectivity index (χ3v) is 7.04. The molecule has 1 saturated carbocycles. The van der Waals surface area contributed by atoms with E-state index in [0.717, 1.165) is 65.3 Å². The first-order chi connectivity index (χ1) is 13.3. The minimum Gasteiger partial charge on any atom is -0.352 e. The number of piperidine rings is 1. The van der Waals surface area contributed by atoms with Gasteiger partial charge in [-0.3, -0.25) is 19.1 Å². The van der Waals surface area contributed by atoms with E-state index in [1.807, 2.05) is 11.5 Å². The number of nitrogens with one attached hydrogen (secondary N) is 1. The van der Waals surface area contributed by atoms with Crippen molar-refractivity contribution in [2.24, 2.45) is 0 Å².